The zero-order chi connectivity index (χ0) is 19.9. The molecule has 0 aliphatic rings. The van der Waals surface area contributed by atoms with E-state index in [1.807, 2.05) is 48.5 Å². The Morgan fingerprint density at radius 3 is 2.45 bits per heavy atom. The molecule has 144 valence electrons. The Labute approximate surface area is 168 Å². The molecule has 0 radical (unpaired) electrons. The third-order valence-electron chi connectivity index (χ3n) is 4.27. The summed E-state index contributed by atoms with van der Waals surface area (Å²) in [6, 6.07) is 25.2. The maximum absolute atomic E-state index is 9.35. The second-order valence-electron chi connectivity index (χ2n) is 6.34. The second-order valence-corrected chi connectivity index (χ2v) is 6.34. The first-order valence-corrected chi connectivity index (χ1v) is 9.27. The number of para-hydroxylation sites is 1. The van der Waals surface area contributed by atoms with Crippen molar-refractivity contribution in [1.29, 1.82) is 5.26 Å². The third-order valence-corrected chi connectivity index (χ3v) is 4.27. The molecule has 0 aliphatic heterocycles. The summed E-state index contributed by atoms with van der Waals surface area (Å²) in [4.78, 5) is 4.23. The van der Waals surface area contributed by atoms with Crippen molar-refractivity contribution in [3.05, 3.63) is 89.8 Å². The lowest BCUT2D eigenvalue weighted by Crippen LogP contribution is -2.05. The Morgan fingerprint density at radius 2 is 1.69 bits per heavy atom. The van der Waals surface area contributed by atoms with Gasteiger partial charge in [-0.05, 0) is 36.2 Å². The summed E-state index contributed by atoms with van der Waals surface area (Å²) in [6.45, 7) is 0.916. The van der Waals surface area contributed by atoms with Gasteiger partial charge in [0.15, 0.2) is 5.76 Å². The number of furan rings is 1. The van der Waals surface area contributed by atoms with E-state index in [2.05, 4.69) is 28.5 Å². The van der Waals surface area contributed by atoms with Crippen LogP contribution in [0.4, 0.5) is 5.88 Å². The summed E-state index contributed by atoms with van der Waals surface area (Å²) in [5, 5.41) is 12.5. The topological polar surface area (TPSA) is 84.2 Å². The van der Waals surface area contributed by atoms with Gasteiger partial charge in [0.05, 0.1) is 0 Å². The number of hydrogen-bond acceptors (Lipinski definition) is 6. The molecule has 1 N–H and O–H groups in total. The molecule has 0 unspecified atom stereocenters. The molecule has 4 aromatic rings. The summed E-state index contributed by atoms with van der Waals surface area (Å²) in [7, 11) is 0. The zero-order valence-corrected chi connectivity index (χ0v) is 15.7. The van der Waals surface area contributed by atoms with E-state index in [1.165, 1.54) is 5.56 Å². The van der Waals surface area contributed by atoms with Crippen LogP contribution in [0, 0.1) is 11.3 Å². The Balaban J connectivity index is 1.40. The van der Waals surface area contributed by atoms with Gasteiger partial charge in [-0.2, -0.15) is 10.2 Å². The van der Waals surface area contributed by atoms with Crippen molar-refractivity contribution in [3.8, 4) is 23.5 Å². The van der Waals surface area contributed by atoms with E-state index in [-0.39, 0.29) is 18.2 Å². The van der Waals surface area contributed by atoms with Crippen LogP contribution >= 0.6 is 0 Å². The highest BCUT2D eigenvalue weighted by Gasteiger charge is 2.17. The summed E-state index contributed by atoms with van der Waals surface area (Å²) in [6.07, 6.45) is 0.809. The minimum Gasteiger partial charge on any atom is -0.486 e. The van der Waals surface area contributed by atoms with E-state index in [0.29, 0.717) is 23.9 Å². The van der Waals surface area contributed by atoms with Gasteiger partial charge in [0.2, 0.25) is 11.6 Å². The van der Waals surface area contributed by atoms with Crippen LogP contribution in [0.1, 0.15) is 17.0 Å². The van der Waals surface area contributed by atoms with Gasteiger partial charge < -0.3 is 18.9 Å². The highest BCUT2D eigenvalue weighted by molar-refractivity contribution is 5.54. The van der Waals surface area contributed by atoms with Crippen molar-refractivity contribution in [1.82, 2.24) is 4.98 Å². The zero-order valence-electron chi connectivity index (χ0n) is 15.7. The molecule has 29 heavy (non-hydrogen) atoms. The SMILES string of the molecule is N#Cc1nc(-c2ccc(COc3ccccc3)o2)oc1NCCc1ccccc1. The average Bonchev–Trinajstić information content (AvgIpc) is 3.41. The summed E-state index contributed by atoms with van der Waals surface area (Å²) in [5.41, 5.74) is 1.40. The number of nitrogens with zero attached hydrogens (tertiary/aromatic N) is 2. The number of rotatable bonds is 8. The molecule has 2 aromatic carbocycles. The first kappa shape index (κ1) is 18.4. The molecule has 6 nitrogen and oxygen atoms in total. The molecular formula is C23H19N3O3. The Kier molecular flexibility index (Phi) is 5.58. The monoisotopic (exact) mass is 385 g/mol. The highest BCUT2D eigenvalue weighted by atomic mass is 16.5. The summed E-state index contributed by atoms with van der Waals surface area (Å²) in [5.74, 6) is 2.45. The maximum atomic E-state index is 9.35. The van der Waals surface area contributed by atoms with Crippen LogP contribution in [-0.4, -0.2) is 11.5 Å². The Hall–Kier alpha value is -3.98. The molecule has 0 saturated carbocycles. The number of nitrogens with one attached hydrogen (secondary N) is 1. The number of aromatic nitrogens is 1. The van der Waals surface area contributed by atoms with Crippen molar-refractivity contribution >= 4 is 5.88 Å². The van der Waals surface area contributed by atoms with Gasteiger partial charge >= 0.3 is 0 Å². The van der Waals surface area contributed by atoms with E-state index in [4.69, 9.17) is 13.6 Å². The third kappa shape index (κ3) is 4.66. The molecule has 0 spiro atoms. The number of nitriles is 1. The fourth-order valence-electron chi connectivity index (χ4n) is 2.83. The lowest BCUT2D eigenvalue weighted by Gasteiger charge is -2.03. The van der Waals surface area contributed by atoms with Crippen LogP contribution in [0.2, 0.25) is 0 Å². The molecule has 0 bridgehead atoms. The van der Waals surface area contributed by atoms with Crippen molar-refractivity contribution in [2.45, 2.75) is 13.0 Å². The van der Waals surface area contributed by atoms with Gasteiger partial charge in [0.1, 0.15) is 24.2 Å². The van der Waals surface area contributed by atoms with Crippen molar-refractivity contribution in [2.24, 2.45) is 0 Å². The predicted molar refractivity (Wildman–Crippen MR) is 108 cm³/mol. The second kappa shape index (κ2) is 8.81. The quantitative estimate of drug-likeness (QED) is 0.457. The van der Waals surface area contributed by atoms with Gasteiger partial charge in [0.25, 0.3) is 5.89 Å². The van der Waals surface area contributed by atoms with Crippen molar-refractivity contribution in [3.63, 3.8) is 0 Å². The van der Waals surface area contributed by atoms with Gasteiger partial charge in [-0.25, -0.2) is 0 Å². The lowest BCUT2D eigenvalue weighted by molar-refractivity contribution is 0.271. The largest absolute Gasteiger partial charge is 0.486 e. The predicted octanol–water partition coefficient (Wildman–Crippen LogP) is 5.04. The number of ether oxygens (including phenoxy) is 1. The van der Waals surface area contributed by atoms with Gasteiger partial charge in [-0.3, -0.25) is 0 Å². The van der Waals surface area contributed by atoms with Gasteiger partial charge in [-0.15, -0.1) is 0 Å². The molecule has 4 rings (SSSR count). The number of anilines is 1. The van der Waals surface area contributed by atoms with Crippen LogP contribution in [-0.2, 0) is 13.0 Å². The fourth-order valence-corrected chi connectivity index (χ4v) is 2.83. The first-order chi connectivity index (χ1) is 14.3. The average molecular weight is 385 g/mol. The van der Waals surface area contributed by atoms with Crippen LogP contribution < -0.4 is 10.1 Å². The Bertz CT molecular complexity index is 1100. The van der Waals surface area contributed by atoms with Crippen LogP contribution in [0.5, 0.6) is 5.75 Å². The standard InChI is InChI=1S/C23H19N3O3/c24-15-20-22(25-14-13-17-7-3-1-4-8-17)29-23(26-20)21-12-11-19(28-21)16-27-18-9-5-2-6-10-18/h1-12,25H,13-14,16H2. The molecule has 2 heterocycles. The van der Waals surface area contributed by atoms with Gasteiger partial charge in [0, 0.05) is 6.54 Å². The molecular weight excluding hydrogens is 366 g/mol. The minimum absolute atomic E-state index is 0.201. The first-order valence-electron chi connectivity index (χ1n) is 9.27. The molecule has 2 aromatic heterocycles. The molecule has 0 saturated heterocycles. The van der Waals surface area contributed by atoms with Crippen LogP contribution in [0.3, 0.4) is 0 Å². The van der Waals surface area contributed by atoms with E-state index in [0.717, 1.165) is 12.2 Å². The number of benzene rings is 2. The van der Waals surface area contributed by atoms with E-state index < -0.39 is 0 Å². The van der Waals surface area contributed by atoms with Crippen molar-refractivity contribution in [2.75, 3.05) is 11.9 Å². The normalized spacial score (nSPS) is 10.4. The fraction of sp³-hybridized carbons (Fsp3) is 0.130. The number of hydrogen-bond donors (Lipinski definition) is 1. The minimum atomic E-state index is 0.201. The molecule has 6 heteroatoms. The van der Waals surface area contributed by atoms with Gasteiger partial charge in [-0.1, -0.05) is 48.5 Å². The lowest BCUT2D eigenvalue weighted by atomic mass is 10.1. The highest BCUT2D eigenvalue weighted by Crippen LogP contribution is 2.27. The smallest absolute Gasteiger partial charge is 0.266 e. The van der Waals surface area contributed by atoms with E-state index in [1.54, 1.807) is 12.1 Å². The molecule has 0 fully saturated rings. The summed E-state index contributed by atoms with van der Waals surface area (Å²) < 4.78 is 17.2. The van der Waals surface area contributed by atoms with Crippen LogP contribution in [0.25, 0.3) is 11.7 Å². The molecule has 0 aliphatic carbocycles. The molecule has 0 amide bonds. The number of oxazole rings is 1. The summed E-state index contributed by atoms with van der Waals surface area (Å²) >= 11 is 0. The maximum Gasteiger partial charge on any atom is 0.266 e. The van der Waals surface area contributed by atoms with Crippen molar-refractivity contribution < 1.29 is 13.6 Å². The van der Waals surface area contributed by atoms with E-state index in [9.17, 15) is 5.26 Å². The van der Waals surface area contributed by atoms with E-state index >= 15 is 0 Å². The Morgan fingerprint density at radius 1 is 0.931 bits per heavy atom. The molecule has 0 atom stereocenters. The van der Waals surface area contributed by atoms with Crippen LogP contribution in [0.15, 0.2) is 81.6 Å².